The minimum Gasteiger partial charge on any atom is -0.466 e. The van der Waals surface area contributed by atoms with Crippen molar-refractivity contribution in [2.24, 2.45) is 0 Å². The second-order valence-corrected chi connectivity index (χ2v) is 9.81. The van der Waals surface area contributed by atoms with E-state index in [4.69, 9.17) is 16.3 Å². The van der Waals surface area contributed by atoms with Crippen molar-refractivity contribution >= 4 is 43.5 Å². The fourth-order valence-electron chi connectivity index (χ4n) is 2.47. The fraction of sp³-hybridized carbons (Fsp3) is 0.316. The zero-order chi connectivity index (χ0) is 20.1. The molecule has 146 valence electrons. The quantitative estimate of drug-likeness (QED) is 0.460. The molecule has 0 spiro atoms. The molecule has 0 saturated heterocycles. The van der Waals surface area contributed by atoms with Crippen LogP contribution in [0.2, 0.25) is 5.02 Å². The Bertz CT molecular complexity index is 885. The standard InChI is InChI=1S/C19H21BrClNO4S/c1-3-26-18(23)12-19(20,15-6-8-16(21)9-7-15)13-22-27(24,25)17-10-4-14(2)5-11-17/h4-11,22H,3,12-13H2,1-2H3. The van der Waals surface area contributed by atoms with Gasteiger partial charge in [-0.1, -0.05) is 57.4 Å². The van der Waals surface area contributed by atoms with Gasteiger partial charge >= 0.3 is 5.97 Å². The third-order valence-electron chi connectivity index (χ3n) is 3.97. The molecule has 0 saturated carbocycles. The molecule has 2 rings (SSSR count). The zero-order valence-corrected chi connectivity index (χ0v) is 18.2. The first-order chi connectivity index (χ1) is 12.7. The number of hydrogen-bond acceptors (Lipinski definition) is 4. The molecule has 0 heterocycles. The van der Waals surface area contributed by atoms with Crippen LogP contribution < -0.4 is 4.72 Å². The third-order valence-corrected chi connectivity index (χ3v) is 6.65. The molecule has 1 atom stereocenters. The van der Waals surface area contributed by atoms with Gasteiger partial charge in [-0.05, 0) is 43.7 Å². The number of benzene rings is 2. The highest BCUT2D eigenvalue weighted by Gasteiger charge is 2.34. The second kappa shape index (κ2) is 9.19. The average Bonchev–Trinajstić information content (AvgIpc) is 2.61. The van der Waals surface area contributed by atoms with Crippen molar-refractivity contribution in [1.82, 2.24) is 4.72 Å². The van der Waals surface area contributed by atoms with Crippen molar-refractivity contribution in [3.63, 3.8) is 0 Å². The maximum atomic E-state index is 12.6. The summed E-state index contributed by atoms with van der Waals surface area (Å²) in [5.41, 5.74) is 1.68. The van der Waals surface area contributed by atoms with Crippen LogP contribution in [0, 0.1) is 6.92 Å². The molecule has 0 radical (unpaired) electrons. The highest BCUT2D eigenvalue weighted by atomic mass is 79.9. The molecular formula is C19H21BrClNO4S. The van der Waals surface area contributed by atoms with E-state index in [9.17, 15) is 13.2 Å². The van der Waals surface area contributed by atoms with E-state index in [1.807, 2.05) is 6.92 Å². The van der Waals surface area contributed by atoms with Crippen LogP contribution >= 0.6 is 27.5 Å². The van der Waals surface area contributed by atoms with Gasteiger partial charge in [0.1, 0.15) is 0 Å². The lowest BCUT2D eigenvalue weighted by molar-refractivity contribution is -0.143. The Kier molecular flexibility index (Phi) is 7.45. The number of aryl methyl sites for hydroxylation is 1. The van der Waals surface area contributed by atoms with E-state index >= 15 is 0 Å². The van der Waals surface area contributed by atoms with E-state index in [-0.39, 0.29) is 24.5 Å². The summed E-state index contributed by atoms with van der Waals surface area (Å²) >= 11 is 9.50. The van der Waals surface area contributed by atoms with E-state index in [0.29, 0.717) is 10.6 Å². The largest absolute Gasteiger partial charge is 0.466 e. The molecule has 1 unspecified atom stereocenters. The smallest absolute Gasteiger partial charge is 0.307 e. The van der Waals surface area contributed by atoms with Gasteiger partial charge in [-0.25, -0.2) is 13.1 Å². The van der Waals surface area contributed by atoms with E-state index in [1.165, 1.54) is 0 Å². The van der Waals surface area contributed by atoms with Gasteiger partial charge in [-0.3, -0.25) is 4.79 Å². The lowest BCUT2D eigenvalue weighted by Crippen LogP contribution is -2.38. The summed E-state index contributed by atoms with van der Waals surface area (Å²) in [5.74, 6) is -0.432. The zero-order valence-electron chi connectivity index (χ0n) is 15.0. The van der Waals surface area contributed by atoms with E-state index in [2.05, 4.69) is 20.7 Å². The van der Waals surface area contributed by atoms with Crippen molar-refractivity contribution in [1.29, 1.82) is 0 Å². The van der Waals surface area contributed by atoms with Crippen LogP contribution in [0.5, 0.6) is 0 Å². The summed E-state index contributed by atoms with van der Waals surface area (Å²) in [6.45, 7) is 3.81. The van der Waals surface area contributed by atoms with E-state index in [0.717, 1.165) is 5.56 Å². The van der Waals surface area contributed by atoms with Gasteiger partial charge in [0.05, 0.1) is 22.2 Å². The molecule has 27 heavy (non-hydrogen) atoms. The van der Waals surface area contributed by atoms with Crippen molar-refractivity contribution in [2.45, 2.75) is 29.5 Å². The molecule has 0 aliphatic rings. The molecule has 0 bridgehead atoms. The van der Waals surface area contributed by atoms with Crippen molar-refractivity contribution in [2.75, 3.05) is 13.2 Å². The summed E-state index contributed by atoms with van der Waals surface area (Å²) in [6, 6.07) is 13.4. The number of esters is 1. The molecule has 1 N–H and O–H groups in total. The summed E-state index contributed by atoms with van der Waals surface area (Å²) in [4.78, 5) is 12.2. The second-order valence-electron chi connectivity index (χ2n) is 6.09. The Morgan fingerprint density at radius 3 is 2.30 bits per heavy atom. The number of alkyl halides is 1. The maximum absolute atomic E-state index is 12.6. The van der Waals surface area contributed by atoms with Gasteiger partial charge in [0.2, 0.25) is 10.0 Å². The summed E-state index contributed by atoms with van der Waals surface area (Å²) in [7, 11) is -3.73. The lowest BCUT2D eigenvalue weighted by atomic mass is 9.95. The third kappa shape index (κ3) is 6.04. The first kappa shape index (κ1) is 21.9. The monoisotopic (exact) mass is 473 g/mol. The topological polar surface area (TPSA) is 72.5 Å². The number of carbonyl (C=O) groups is 1. The van der Waals surface area contributed by atoms with Crippen molar-refractivity contribution < 1.29 is 17.9 Å². The van der Waals surface area contributed by atoms with Gasteiger partial charge in [-0.2, -0.15) is 0 Å². The minimum atomic E-state index is -3.73. The Morgan fingerprint density at radius 2 is 1.74 bits per heavy atom. The van der Waals surface area contributed by atoms with Gasteiger partial charge in [0, 0.05) is 11.6 Å². The van der Waals surface area contributed by atoms with Crippen LogP contribution in [0.3, 0.4) is 0 Å². The molecule has 0 amide bonds. The molecular weight excluding hydrogens is 454 g/mol. The lowest BCUT2D eigenvalue weighted by Gasteiger charge is -2.27. The maximum Gasteiger partial charge on any atom is 0.307 e. The number of carbonyl (C=O) groups excluding carboxylic acids is 1. The predicted octanol–water partition coefficient (Wildman–Crippen LogP) is 4.17. The molecule has 0 fully saturated rings. The summed E-state index contributed by atoms with van der Waals surface area (Å²) in [5, 5.41) is 0.546. The van der Waals surface area contributed by atoms with Crippen LogP contribution in [0.25, 0.3) is 0 Å². The van der Waals surface area contributed by atoms with Crippen LogP contribution in [-0.4, -0.2) is 27.5 Å². The number of rotatable bonds is 8. The molecule has 0 aromatic heterocycles. The fourth-order valence-corrected chi connectivity index (χ4v) is 4.51. The van der Waals surface area contributed by atoms with Crippen LogP contribution in [-0.2, 0) is 23.9 Å². The Balaban J connectivity index is 2.26. The normalized spacial score (nSPS) is 13.8. The van der Waals surface area contributed by atoms with Crippen LogP contribution in [0.15, 0.2) is 53.4 Å². The average molecular weight is 475 g/mol. The molecule has 0 aliphatic carbocycles. The number of halogens is 2. The number of hydrogen-bond donors (Lipinski definition) is 1. The molecule has 0 aliphatic heterocycles. The molecule has 2 aromatic rings. The number of nitrogens with one attached hydrogen (secondary N) is 1. The van der Waals surface area contributed by atoms with E-state index in [1.54, 1.807) is 55.5 Å². The minimum absolute atomic E-state index is 0.0380. The van der Waals surface area contributed by atoms with Crippen LogP contribution in [0.1, 0.15) is 24.5 Å². The first-order valence-corrected chi connectivity index (χ1v) is 11.0. The highest BCUT2D eigenvalue weighted by molar-refractivity contribution is 9.09. The van der Waals surface area contributed by atoms with Gasteiger partial charge in [-0.15, -0.1) is 0 Å². The first-order valence-electron chi connectivity index (χ1n) is 8.33. The summed E-state index contributed by atoms with van der Waals surface area (Å²) < 4.78 is 31.9. The van der Waals surface area contributed by atoms with E-state index < -0.39 is 20.3 Å². The Hall–Kier alpha value is -1.41. The molecule has 8 heteroatoms. The number of ether oxygens (including phenoxy) is 1. The molecule has 5 nitrogen and oxygen atoms in total. The predicted molar refractivity (Wildman–Crippen MR) is 110 cm³/mol. The Labute approximate surface area is 173 Å². The summed E-state index contributed by atoms with van der Waals surface area (Å²) in [6.07, 6.45) is -0.0428. The molecule has 2 aromatic carbocycles. The highest BCUT2D eigenvalue weighted by Crippen LogP contribution is 2.36. The van der Waals surface area contributed by atoms with Crippen LogP contribution in [0.4, 0.5) is 0 Å². The SMILES string of the molecule is CCOC(=O)CC(Br)(CNS(=O)(=O)c1ccc(C)cc1)c1ccc(Cl)cc1. The van der Waals surface area contributed by atoms with Crippen molar-refractivity contribution in [3.8, 4) is 0 Å². The van der Waals surface area contributed by atoms with Gasteiger partial charge in [0.15, 0.2) is 0 Å². The van der Waals surface area contributed by atoms with Gasteiger partial charge < -0.3 is 4.74 Å². The number of sulfonamides is 1. The van der Waals surface area contributed by atoms with Crippen molar-refractivity contribution in [3.05, 3.63) is 64.7 Å². The van der Waals surface area contributed by atoms with Gasteiger partial charge in [0.25, 0.3) is 0 Å². The Morgan fingerprint density at radius 1 is 1.15 bits per heavy atom.